The highest BCUT2D eigenvalue weighted by atomic mass is 32.2. The fraction of sp³-hybridized carbons (Fsp3) is 0.0625. The van der Waals surface area contributed by atoms with Gasteiger partial charge in [0.25, 0.3) is 0 Å². The topological polar surface area (TPSA) is 86.2 Å². The second-order valence-corrected chi connectivity index (χ2v) is 6.44. The first-order chi connectivity index (χ1) is 10.5. The average molecular weight is 314 g/mol. The van der Waals surface area contributed by atoms with Crippen molar-refractivity contribution < 1.29 is 12.8 Å². The Labute approximate surface area is 128 Å². The highest BCUT2D eigenvalue weighted by Crippen LogP contribution is 2.34. The Morgan fingerprint density at radius 1 is 1.09 bits per heavy atom. The van der Waals surface area contributed by atoms with Gasteiger partial charge in [-0.3, -0.25) is 0 Å². The van der Waals surface area contributed by atoms with E-state index in [1.807, 2.05) is 30.3 Å². The minimum atomic E-state index is -3.82. The zero-order chi connectivity index (χ0) is 15.7. The van der Waals surface area contributed by atoms with Crippen molar-refractivity contribution in [3.05, 3.63) is 60.5 Å². The average Bonchev–Trinajstić information content (AvgIpc) is 3.00. The summed E-state index contributed by atoms with van der Waals surface area (Å²) in [5.74, 6) is 0.351. The van der Waals surface area contributed by atoms with Crippen molar-refractivity contribution in [2.75, 3.05) is 0 Å². The SMILES string of the molecule is Cc1cc(-c2ccccc2)c(-c2ncco2)cc1S(N)(=O)=O. The Morgan fingerprint density at radius 2 is 1.82 bits per heavy atom. The second-order valence-electron chi connectivity index (χ2n) is 4.91. The molecule has 0 aliphatic heterocycles. The number of benzene rings is 2. The Hall–Kier alpha value is -2.44. The third-order valence-corrected chi connectivity index (χ3v) is 4.42. The van der Waals surface area contributed by atoms with E-state index < -0.39 is 10.0 Å². The lowest BCUT2D eigenvalue weighted by Crippen LogP contribution is -2.14. The molecule has 2 N–H and O–H groups in total. The van der Waals surface area contributed by atoms with Gasteiger partial charge in [-0.15, -0.1) is 0 Å². The molecule has 0 bridgehead atoms. The normalized spacial score (nSPS) is 11.5. The van der Waals surface area contributed by atoms with Crippen molar-refractivity contribution in [2.45, 2.75) is 11.8 Å². The Balaban J connectivity index is 2.33. The third kappa shape index (κ3) is 2.66. The van der Waals surface area contributed by atoms with Crippen LogP contribution in [0.3, 0.4) is 0 Å². The Kier molecular flexibility index (Phi) is 3.56. The molecule has 0 radical (unpaired) electrons. The lowest BCUT2D eigenvalue weighted by Gasteiger charge is -2.12. The van der Waals surface area contributed by atoms with Gasteiger partial charge >= 0.3 is 0 Å². The summed E-state index contributed by atoms with van der Waals surface area (Å²) >= 11 is 0. The Bertz CT molecular complexity index is 902. The number of primary sulfonamides is 1. The molecule has 5 nitrogen and oxygen atoms in total. The van der Waals surface area contributed by atoms with Crippen LogP contribution in [0.1, 0.15) is 5.56 Å². The van der Waals surface area contributed by atoms with E-state index in [1.165, 1.54) is 18.5 Å². The molecule has 112 valence electrons. The number of sulfonamides is 1. The van der Waals surface area contributed by atoms with Gasteiger partial charge in [-0.05, 0) is 35.7 Å². The number of nitrogens with zero attached hydrogens (tertiary/aromatic N) is 1. The molecule has 0 saturated carbocycles. The second kappa shape index (κ2) is 5.40. The summed E-state index contributed by atoms with van der Waals surface area (Å²) < 4.78 is 28.8. The van der Waals surface area contributed by atoms with Crippen molar-refractivity contribution in [3.63, 3.8) is 0 Å². The van der Waals surface area contributed by atoms with Crippen molar-refractivity contribution in [2.24, 2.45) is 5.14 Å². The number of nitrogens with two attached hydrogens (primary N) is 1. The summed E-state index contributed by atoms with van der Waals surface area (Å²) in [4.78, 5) is 4.19. The van der Waals surface area contributed by atoms with Gasteiger partial charge in [-0.2, -0.15) is 0 Å². The van der Waals surface area contributed by atoms with E-state index in [0.717, 1.165) is 11.1 Å². The molecule has 0 aliphatic carbocycles. The monoisotopic (exact) mass is 314 g/mol. The molecule has 3 rings (SSSR count). The molecule has 6 heteroatoms. The molecule has 0 saturated heterocycles. The zero-order valence-electron chi connectivity index (χ0n) is 11.9. The van der Waals surface area contributed by atoms with Crippen molar-refractivity contribution >= 4 is 10.0 Å². The van der Waals surface area contributed by atoms with Gasteiger partial charge < -0.3 is 4.42 Å². The van der Waals surface area contributed by atoms with E-state index in [-0.39, 0.29) is 4.90 Å². The molecule has 3 aromatic rings. The standard InChI is InChI=1S/C16H14N2O3S/c1-11-9-13(12-5-3-2-4-6-12)14(16-18-7-8-21-16)10-15(11)22(17,19)20/h2-10H,1H3,(H2,17,19,20). The summed E-state index contributed by atoms with van der Waals surface area (Å²) in [6.07, 6.45) is 2.96. The van der Waals surface area contributed by atoms with Crippen molar-refractivity contribution in [1.82, 2.24) is 4.98 Å². The first-order valence-corrected chi connectivity index (χ1v) is 8.14. The lowest BCUT2D eigenvalue weighted by atomic mass is 9.97. The maximum absolute atomic E-state index is 11.8. The number of hydrogen-bond acceptors (Lipinski definition) is 4. The van der Waals surface area contributed by atoms with Gasteiger partial charge in [-0.25, -0.2) is 18.5 Å². The molecule has 0 amide bonds. The van der Waals surface area contributed by atoms with Gasteiger partial charge in [0.05, 0.1) is 11.1 Å². The van der Waals surface area contributed by atoms with Crippen LogP contribution in [-0.4, -0.2) is 13.4 Å². The summed E-state index contributed by atoms with van der Waals surface area (Å²) in [6.45, 7) is 1.71. The molecule has 1 heterocycles. The molecular weight excluding hydrogens is 300 g/mol. The number of aryl methyl sites for hydroxylation is 1. The molecule has 2 aromatic carbocycles. The smallest absolute Gasteiger partial charge is 0.238 e. The fourth-order valence-corrected chi connectivity index (χ4v) is 3.17. The van der Waals surface area contributed by atoms with Crippen LogP contribution in [0.2, 0.25) is 0 Å². The molecule has 0 aliphatic rings. The van der Waals surface area contributed by atoms with E-state index in [1.54, 1.807) is 13.0 Å². The predicted molar refractivity (Wildman–Crippen MR) is 83.5 cm³/mol. The van der Waals surface area contributed by atoms with Crippen LogP contribution in [0.4, 0.5) is 0 Å². The Morgan fingerprint density at radius 3 is 2.41 bits per heavy atom. The van der Waals surface area contributed by atoms with Gasteiger partial charge in [-0.1, -0.05) is 30.3 Å². The molecular formula is C16H14N2O3S. The van der Waals surface area contributed by atoms with Crippen LogP contribution in [0.5, 0.6) is 0 Å². The molecule has 0 unspecified atom stereocenters. The van der Waals surface area contributed by atoms with E-state index in [4.69, 9.17) is 9.56 Å². The van der Waals surface area contributed by atoms with Gasteiger partial charge in [0.15, 0.2) is 0 Å². The number of oxazole rings is 1. The van der Waals surface area contributed by atoms with Crippen molar-refractivity contribution in [3.8, 4) is 22.6 Å². The number of aromatic nitrogens is 1. The molecule has 0 spiro atoms. The van der Waals surface area contributed by atoms with E-state index in [9.17, 15) is 8.42 Å². The summed E-state index contributed by atoms with van der Waals surface area (Å²) in [5.41, 5.74) is 2.95. The molecule has 0 atom stereocenters. The van der Waals surface area contributed by atoms with E-state index in [2.05, 4.69) is 4.98 Å². The highest BCUT2D eigenvalue weighted by molar-refractivity contribution is 7.89. The molecule has 0 fully saturated rings. The molecule has 1 aromatic heterocycles. The summed E-state index contributed by atoms with van der Waals surface area (Å²) in [6, 6.07) is 12.9. The minimum Gasteiger partial charge on any atom is -0.445 e. The number of rotatable bonds is 3. The van der Waals surface area contributed by atoms with E-state index >= 15 is 0 Å². The van der Waals surface area contributed by atoms with Crippen LogP contribution in [0.25, 0.3) is 22.6 Å². The minimum absolute atomic E-state index is 0.0698. The van der Waals surface area contributed by atoms with Gasteiger partial charge in [0.2, 0.25) is 15.9 Å². The summed E-state index contributed by atoms with van der Waals surface area (Å²) in [5, 5.41) is 5.29. The van der Waals surface area contributed by atoms with Crippen LogP contribution in [0.15, 0.2) is 64.2 Å². The highest BCUT2D eigenvalue weighted by Gasteiger charge is 2.19. The maximum atomic E-state index is 11.8. The zero-order valence-corrected chi connectivity index (χ0v) is 12.7. The van der Waals surface area contributed by atoms with Gasteiger partial charge in [0, 0.05) is 5.56 Å². The quantitative estimate of drug-likeness (QED) is 0.805. The van der Waals surface area contributed by atoms with Crippen LogP contribution in [0, 0.1) is 6.92 Å². The lowest BCUT2D eigenvalue weighted by molar-refractivity contribution is 0.574. The van der Waals surface area contributed by atoms with Crippen LogP contribution >= 0.6 is 0 Å². The van der Waals surface area contributed by atoms with E-state index in [0.29, 0.717) is 17.0 Å². The number of hydrogen-bond donors (Lipinski definition) is 1. The van der Waals surface area contributed by atoms with Gasteiger partial charge in [0.1, 0.15) is 6.26 Å². The fourth-order valence-electron chi connectivity index (χ4n) is 2.38. The maximum Gasteiger partial charge on any atom is 0.238 e. The molecule has 22 heavy (non-hydrogen) atoms. The summed E-state index contributed by atoms with van der Waals surface area (Å²) in [7, 11) is -3.82. The first kappa shape index (κ1) is 14.5. The third-order valence-electron chi connectivity index (χ3n) is 3.37. The predicted octanol–water partition coefficient (Wildman–Crippen LogP) is 2.96. The van der Waals surface area contributed by atoms with Crippen LogP contribution in [-0.2, 0) is 10.0 Å². The first-order valence-electron chi connectivity index (χ1n) is 6.59. The van der Waals surface area contributed by atoms with Crippen LogP contribution < -0.4 is 5.14 Å². The van der Waals surface area contributed by atoms with Crippen molar-refractivity contribution in [1.29, 1.82) is 0 Å². The largest absolute Gasteiger partial charge is 0.445 e.